The van der Waals surface area contributed by atoms with Gasteiger partial charge in [0.1, 0.15) is 5.82 Å². The smallest absolute Gasteiger partial charge is 0.395 e. The van der Waals surface area contributed by atoms with Gasteiger partial charge in [0.2, 0.25) is 5.91 Å². The molecule has 2 rings (SSSR count). The van der Waals surface area contributed by atoms with Crippen molar-refractivity contribution in [2.45, 2.75) is 52.2 Å². The van der Waals surface area contributed by atoms with Crippen LogP contribution in [0, 0.1) is 0 Å². The van der Waals surface area contributed by atoms with E-state index < -0.39 is 6.11 Å². The van der Waals surface area contributed by atoms with Crippen LogP contribution in [0.3, 0.4) is 0 Å². The standard InChI is InChI=1S/C19H26F2N4O3/c1-12(2)22-16-13(8-6-10-15(26)24(4)5)18(27)25-11-7-9-14(17(25)23-16)28-19(3,20)21/h7,9,11-12,22H,6,8,10H2,1-5H3. The van der Waals surface area contributed by atoms with Gasteiger partial charge < -0.3 is 15.0 Å². The van der Waals surface area contributed by atoms with Gasteiger partial charge in [-0.25, -0.2) is 4.98 Å². The zero-order chi connectivity index (χ0) is 21.1. The molecule has 1 amide bonds. The summed E-state index contributed by atoms with van der Waals surface area (Å²) in [4.78, 5) is 30.7. The summed E-state index contributed by atoms with van der Waals surface area (Å²) in [7, 11) is 3.34. The lowest BCUT2D eigenvalue weighted by Crippen LogP contribution is -2.27. The Balaban J connectivity index is 2.49. The third-order valence-electron chi connectivity index (χ3n) is 3.94. The largest absolute Gasteiger partial charge is 0.429 e. The Kier molecular flexibility index (Phi) is 6.58. The van der Waals surface area contributed by atoms with Gasteiger partial charge >= 0.3 is 6.11 Å². The molecule has 0 radical (unpaired) electrons. The maximum Gasteiger partial charge on any atom is 0.395 e. The molecule has 2 heterocycles. The lowest BCUT2D eigenvalue weighted by atomic mass is 10.1. The molecular weight excluding hydrogens is 370 g/mol. The second-order valence-electron chi connectivity index (χ2n) is 7.16. The first kappa shape index (κ1) is 21.6. The van der Waals surface area contributed by atoms with Gasteiger partial charge in [-0.15, -0.1) is 0 Å². The van der Waals surface area contributed by atoms with E-state index in [1.807, 2.05) is 13.8 Å². The minimum atomic E-state index is -3.41. The number of carbonyl (C=O) groups is 1. The number of hydrogen-bond donors (Lipinski definition) is 1. The minimum Gasteiger partial charge on any atom is -0.429 e. The maximum absolute atomic E-state index is 13.3. The Morgan fingerprint density at radius 3 is 2.64 bits per heavy atom. The van der Waals surface area contributed by atoms with Crippen LogP contribution in [0.2, 0.25) is 0 Å². The van der Waals surface area contributed by atoms with E-state index in [0.29, 0.717) is 37.6 Å². The zero-order valence-corrected chi connectivity index (χ0v) is 16.8. The number of pyridine rings is 1. The van der Waals surface area contributed by atoms with Crippen molar-refractivity contribution in [2.24, 2.45) is 0 Å². The molecule has 0 atom stereocenters. The van der Waals surface area contributed by atoms with Crippen LogP contribution in [0.1, 0.15) is 39.2 Å². The Labute approximate surface area is 162 Å². The Morgan fingerprint density at radius 2 is 2.07 bits per heavy atom. The molecule has 0 unspecified atom stereocenters. The van der Waals surface area contributed by atoms with Crippen LogP contribution >= 0.6 is 0 Å². The summed E-state index contributed by atoms with van der Waals surface area (Å²) in [5, 5.41) is 3.09. The number of aromatic nitrogens is 2. The quantitative estimate of drug-likeness (QED) is 0.743. The topological polar surface area (TPSA) is 75.9 Å². The fraction of sp³-hybridized carbons (Fsp3) is 0.526. The number of nitrogens with one attached hydrogen (secondary N) is 1. The normalized spacial score (nSPS) is 11.7. The van der Waals surface area contributed by atoms with Crippen LogP contribution in [0.4, 0.5) is 14.6 Å². The van der Waals surface area contributed by atoms with Crippen molar-refractivity contribution < 1.29 is 18.3 Å². The Hall–Kier alpha value is -2.71. The maximum atomic E-state index is 13.3. The molecule has 0 bridgehead atoms. The molecular formula is C19H26F2N4O3. The van der Waals surface area contributed by atoms with Gasteiger partial charge in [-0.2, -0.15) is 8.78 Å². The van der Waals surface area contributed by atoms with E-state index in [-0.39, 0.29) is 28.9 Å². The summed E-state index contributed by atoms with van der Waals surface area (Å²) >= 11 is 0. The van der Waals surface area contributed by atoms with Crippen molar-refractivity contribution in [3.63, 3.8) is 0 Å². The van der Waals surface area contributed by atoms with Crippen molar-refractivity contribution in [1.29, 1.82) is 0 Å². The van der Waals surface area contributed by atoms with E-state index in [2.05, 4.69) is 15.0 Å². The first-order valence-electron chi connectivity index (χ1n) is 9.07. The molecule has 0 aliphatic heterocycles. The van der Waals surface area contributed by atoms with Gasteiger partial charge in [-0.3, -0.25) is 14.0 Å². The molecule has 28 heavy (non-hydrogen) atoms. The van der Waals surface area contributed by atoms with Gasteiger partial charge in [0.05, 0.1) is 5.56 Å². The third kappa shape index (κ3) is 5.40. The molecule has 0 fully saturated rings. The number of rotatable bonds is 8. The van der Waals surface area contributed by atoms with E-state index in [1.54, 1.807) is 14.1 Å². The van der Waals surface area contributed by atoms with Gasteiger partial charge in [-0.05, 0) is 38.8 Å². The molecule has 1 N–H and O–H groups in total. The molecule has 2 aromatic heterocycles. The third-order valence-corrected chi connectivity index (χ3v) is 3.94. The molecule has 0 aliphatic rings. The summed E-state index contributed by atoms with van der Waals surface area (Å²) in [6.45, 7) is 4.38. The average Bonchev–Trinajstić information content (AvgIpc) is 2.56. The molecule has 9 heteroatoms. The first-order valence-corrected chi connectivity index (χ1v) is 9.07. The molecule has 0 aliphatic carbocycles. The number of ether oxygens (including phenoxy) is 1. The number of nitrogens with zero attached hydrogens (tertiary/aromatic N) is 3. The van der Waals surface area contributed by atoms with Crippen molar-refractivity contribution in [3.8, 4) is 5.75 Å². The van der Waals surface area contributed by atoms with E-state index in [1.165, 1.54) is 27.6 Å². The van der Waals surface area contributed by atoms with Gasteiger partial charge in [0.15, 0.2) is 11.4 Å². The second-order valence-corrected chi connectivity index (χ2v) is 7.16. The van der Waals surface area contributed by atoms with Crippen LogP contribution in [0.5, 0.6) is 5.75 Å². The van der Waals surface area contributed by atoms with Crippen molar-refractivity contribution in [1.82, 2.24) is 14.3 Å². The number of hydrogen-bond acceptors (Lipinski definition) is 5. The molecule has 0 saturated heterocycles. The lowest BCUT2D eigenvalue weighted by Gasteiger charge is -2.18. The van der Waals surface area contributed by atoms with Crippen molar-refractivity contribution >= 4 is 17.4 Å². The molecule has 7 nitrogen and oxygen atoms in total. The summed E-state index contributed by atoms with van der Waals surface area (Å²) in [6, 6.07) is 2.76. The Bertz CT molecular complexity index is 904. The first-order chi connectivity index (χ1) is 13.0. The highest BCUT2D eigenvalue weighted by Crippen LogP contribution is 2.26. The summed E-state index contributed by atoms with van der Waals surface area (Å²) in [6.07, 6.45) is -0.856. The van der Waals surface area contributed by atoms with Gasteiger partial charge in [-0.1, -0.05) is 0 Å². The highest BCUT2D eigenvalue weighted by molar-refractivity contribution is 5.75. The fourth-order valence-corrected chi connectivity index (χ4v) is 2.70. The number of halogens is 2. The average molecular weight is 396 g/mol. The summed E-state index contributed by atoms with van der Waals surface area (Å²) in [5.74, 6) is 0.0918. The van der Waals surface area contributed by atoms with E-state index >= 15 is 0 Å². The van der Waals surface area contributed by atoms with Gasteiger partial charge in [0, 0.05) is 39.7 Å². The number of amides is 1. The van der Waals surface area contributed by atoms with Crippen LogP contribution in [0.25, 0.3) is 5.65 Å². The summed E-state index contributed by atoms with van der Waals surface area (Å²) in [5.41, 5.74) is 0.0266. The van der Waals surface area contributed by atoms with Gasteiger partial charge in [0.25, 0.3) is 5.56 Å². The second kappa shape index (κ2) is 8.53. The number of fused-ring (bicyclic) bond motifs is 1. The number of alkyl halides is 2. The highest BCUT2D eigenvalue weighted by Gasteiger charge is 2.26. The van der Waals surface area contributed by atoms with Crippen LogP contribution < -0.4 is 15.6 Å². The predicted octanol–water partition coefficient (Wildman–Crippen LogP) is 2.92. The molecule has 0 saturated carbocycles. The lowest BCUT2D eigenvalue weighted by molar-refractivity contribution is -0.158. The van der Waals surface area contributed by atoms with E-state index in [0.717, 1.165) is 0 Å². The molecule has 154 valence electrons. The van der Waals surface area contributed by atoms with Crippen molar-refractivity contribution in [3.05, 3.63) is 34.2 Å². The van der Waals surface area contributed by atoms with Crippen LogP contribution in [-0.4, -0.2) is 46.4 Å². The molecule has 0 aromatic carbocycles. The summed E-state index contributed by atoms with van der Waals surface area (Å²) < 4.78 is 32.6. The predicted molar refractivity (Wildman–Crippen MR) is 103 cm³/mol. The van der Waals surface area contributed by atoms with Crippen LogP contribution in [-0.2, 0) is 11.2 Å². The number of anilines is 1. The fourth-order valence-electron chi connectivity index (χ4n) is 2.70. The minimum absolute atomic E-state index is 0.00490. The SMILES string of the molecule is CC(C)Nc1nc2c(OC(C)(F)F)cccn2c(=O)c1CCCC(=O)N(C)C. The van der Waals surface area contributed by atoms with Crippen molar-refractivity contribution in [2.75, 3.05) is 19.4 Å². The van der Waals surface area contributed by atoms with Crippen LogP contribution in [0.15, 0.2) is 23.1 Å². The molecule has 2 aromatic rings. The molecule has 0 spiro atoms. The monoisotopic (exact) mass is 396 g/mol. The number of carbonyl (C=O) groups excluding carboxylic acids is 1. The van der Waals surface area contributed by atoms with E-state index in [4.69, 9.17) is 0 Å². The zero-order valence-electron chi connectivity index (χ0n) is 16.8. The Morgan fingerprint density at radius 1 is 1.39 bits per heavy atom. The highest BCUT2D eigenvalue weighted by atomic mass is 19.3. The van der Waals surface area contributed by atoms with E-state index in [9.17, 15) is 18.4 Å².